The summed E-state index contributed by atoms with van der Waals surface area (Å²) in [5.74, 6) is 0. The number of piperazine rings is 1. The molecule has 0 spiro atoms. The minimum Gasteiger partial charge on any atom is -0.329 e. The second-order valence-electron chi connectivity index (χ2n) is 5.43. The lowest BCUT2D eigenvalue weighted by molar-refractivity contribution is 0.233. The number of nitrogens with zero attached hydrogens (tertiary/aromatic N) is 3. The summed E-state index contributed by atoms with van der Waals surface area (Å²) in [5, 5.41) is 3.39. The summed E-state index contributed by atoms with van der Waals surface area (Å²) in [5.41, 5.74) is 3.74. The average molecular weight is 270 g/mol. The fourth-order valence-electron chi connectivity index (χ4n) is 2.65. The topological polar surface area (TPSA) is 33.1 Å². The van der Waals surface area contributed by atoms with E-state index in [1.165, 1.54) is 16.8 Å². The van der Waals surface area contributed by atoms with Gasteiger partial charge in [0, 0.05) is 39.3 Å². The molecule has 1 saturated heterocycles. The number of nitrogens with one attached hydrogen (secondary N) is 1. The lowest BCUT2D eigenvalue weighted by Crippen LogP contribution is -2.44. The molecule has 0 amide bonds. The molecular weight excluding hydrogens is 248 g/mol. The molecule has 0 unspecified atom stereocenters. The van der Waals surface area contributed by atoms with Gasteiger partial charge in [-0.3, -0.25) is 4.90 Å². The molecule has 4 heteroatoms. The molecule has 1 aromatic heterocycles. The Balaban J connectivity index is 1.68. The highest BCUT2D eigenvalue weighted by molar-refractivity contribution is 5.59. The van der Waals surface area contributed by atoms with Crippen LogP contribution in [0.1, 0.15) is 5.56 Å². The lowest BCUT2D eigenvalue weighted by Gasteiger charge is -2.27. The average Bonchev–Trinajstić information content (AvgIpc) is 2.95. The Hall–Kier alpha value is -1.65. The zero-order chi connectivity index (χ0) is 13.8. The number of rotatable bonds is 4. The molecule has 0 atom stereocenters. The number of aryl methyl sites for hydroxylation is 1. The van der Waals surface area contributed by atoms with Crippen molar-refractivity contribution in [3.05, 3.63) is 42.4 Å². The van der Waals surface area contributed by atoms with Crippen molar-refractivity contribution in [2.75, 3.05) is 32.7 Å². The Labute approximate surface area is 120 Å². The highest BCUT2D eigenvalue weighted by Gasteiger charge is 2.10. The van der Waals surface area contributed by atoms with Crippen LogP contribution in [0.5, 0.6) is 0 Å². The molecule has 1 aliphatic heterocycles. The van der Waals surface area contributed by atoms with Crippen LogP contribution in [0.15, 0.2) is 36.8 Å². The third kappa shape index (κ3) is 3.08. The predicted molar refractivity (Wildman–Crippen MR) is 81.7 cm³/mol. The van der Waals surface area contributed by atoms with Crippen molar-refractivity contribution in [2.24, 2.45) is 0 Å². The maximum atomic E-state index is 4.32. The number of aromatic nitrogens is 2. The van der Waals surface area contributed by atoms with E-state index in [1.807, 2.05) is 12.5 Å². The van der Waals surface area contributed by atoms with Gasteiger partial charge in [-0.2, -0.15) is 0 Å². The molecule has 0 aliphatic carbocycles. The highest BCUT2D eigenvalue weighted by Crippen LogP contribution is 2.19. The molecule has 2 heterocycles. The first-order chi connectivity index (χ1) is 9.83. The minimum absolute atomic E-state index is 1.00. The summed E-state index contributed by atoms with van der Waals surface area (Å²) in [6.45, 7) is 8.72. The zero-order valence-corrected chi connectivity index (χ0v) is 12.0. The van der Waals surface area contributed by atoms with E-state index in [4.69, 9.17) is 0 Å². The van der Waals surface area contributed by atoms with E-state index in [9.17, 15) is 0 Å². The molecule has 1 aromatic carbocycles. The first-order valence-corrected chi connectivity index (χ1v) is 7.33. The van der Waals surface area contributed by atoms with Gasteiger partial charge in [-0.1, -0.05) is 29.8 Å². The molecule has 4 nitrogen and oxygen atoms in total. The summed E-state index contributed by atoms with van der Waals surface area (Å²) < 4.78 is 2.26. The molecule has 1 aliphatic rings. The Morgan fingerprint density at radius 3 is 2.60 bits per heavy atom. The number of benzene rings is 1. The van der Waals surface area contributed by atoms with E-state index in [-0.39, 0.29) is 0 Å². The van der Waals surface area contributed by atoms with Gasteiger partial charge >= 0.3 is 0 Å². The largest absolute Gasteiger partial charge is 0.329 e. The normalized spacial score (nSPS) is 16.4. The van der Waals surface area contributed by atoms with Gasteiger partial charge in [-0.15, -0.1) is 0 Å². The van der Waals surface area contributed by atoms with Crippen LogP contribution in [0.25, 0.3) is 11.3 Å². The maximum absolute atomic E-state index is 4.32. The van der Waals surface area contributed by atoms with Crippen LogP contribution in [-0.4, -0.2) is 47.2 Å². The van der Waals surface area contributed by atoms with Crippen molar-refractivity contribution in [3.63, 3.8) is 0 Å². The monoisotopic (exact) mass is 270 g/mol. The Bertz CT molecular complexity index is 538. The van der Waals surface area contributed by atoms with E-state index in [0.29, 0.717) is 0 Å². The fraction of sp³-hybridized carbons (Fsp3) is 0.438. The van der Waals surface area contributed by atoms with E-state index >= 15 is 0 Å². The second kappa shape index (κ2) is 6.20. The van der Waals surface area contributed by atoms with Crippen LogP contribution >= 0.6 is 0 Å². The minimum atomic E-state index is 1.00. The van der Waals surface area contributed by atoms with Crippen molar-refractivity contribution in [2.45, 2.75) is 13.5 Å². The fourth-order valence-corrected chi connectivity index (χ4v) is 2.65. The summed E-state index contributed by atoms with van der Waals surface area (Å²) in [4.78, 5) is 6.83. The first kappa shape index (κ1) is 13.3. The highest BCUT2D eigenvalue weighted by atomic mass is 15.2. The molecule has 2 aromatic rings. The van der Waals surface area contributed by atoms with Crippen LogP contribution in [-0.2, 0) is 6.54 Å². The zero-order valence-electron chi connectivity index (χ0n) is 12.0. The van der Waals surface area contributed by atoms with Crippen molar-refractivity contribution < 1.29 is 0 Å². The maximum Gasteiger partial charge on any atom is 0.0951 e. The summed E-state index contributed by atoms with van der Waals surface area (Å²) in [7, 11) is 0. The van der Waals surface area contributed by atoms with Gasteiger partial charge in [-0.05, 0) is 12.5 Å². The third-order valence-corrected chi connectivity index (χ3v) is 3.93. The molecule has 0 bridgehead atoms. The molecule has 0 radical (unpaired) electrons. The van der Waals surface area contributed by atoms with Gasteiger partial charge < -0.3 is 9.88 Å². The van der Waals surface area contributed by atoms with Crippen LogP contribution in [0.4, 0.5) is 0 Å². The number of hydrogen-bond acceptors (Lipinski definition) is 3. The Kier molecular flexibility index (Phi) is 4.14. The van der Waals surface area contributed by atoms with Crippen molar-refractivity contribution in [3.8, 4) is 11.3 Å². The molecule has 1 fully saturated rings. The summed E-state index contributed by atoms with van der Waals surface area (Å²) in [6.07, 6.45) is 3.90. The van der Waals surface area contributed by atoms with Gasteiger partial charge in [-0.25, -0.2) is 4.98 Å². The van der Waals surface area contributed by atoms with Crippen LogP contribution < -0.4 is 5.32 Å². The van der Waals surface area contributed by atoms with Gasteiger partial charge in [0.05, 0.1) is 18.2 Å². The predicted octanol–water partition coefficient (Wildman–Crippen LogP) is 1.76. The van der Waals surface area contributed by atoms with Gasteiger partial charge in [0.1, 0.15) is 0 Å². The Morgan fingerprint density at radius 1 is 1.10 bits per heavy atom. The van der Waals surface area contributed by atoms with E-state index in [2.05, 4.69) is 51.0 Å². The lowest BCUT2D eigenvalue weighted by atomic mass is 10.1. The number of imidazole rings is 1. The Morgan fingerprint density at radius 2 is 1.85 bits per heavy atom. The summed E-state index contributed by atoms with van der Waals surface area (Å²) in [6, 6.07) is 8.66. The SMILES string of the molecule is Cc1ccc(-c2cncn2CCN2CCNCC2)cc1. The van der Waals surface area contributed by atoms with Crippen LogP contribution in [0.2, 0.25) is 0 Å². The molecule has 1 N–H and O–H groups in total. The molecule has 0 saturated carbocycles. The third-order valence-electron chi connectivity index (χ3n) is 3.93. The van der Waals surface area contributed by atoms with Crippen molar-refractivity contribution in [1.82, 2.24) is 19.8 Å². The van der Waals surface area contributed by atoms with Crippen LogP contribution in [0.3, 0.4) is 0 Å². The van der Waals surface area contributed by atoms with Gasteiger partial charge in [0.25, 0.3) is 0 Å². The molecule has 3 rings (SSSR count). The standard InChI is InChI=1S/C16H22N4/c1-14-2-4-15(5-3-14)16-12-18-13-20(16)11-10-19-8-6-17-7-9-19/h2-5,12-13,17H,6-11H2,1H3. The second-order valence-corrected chi connectivity index (χ2v) is 5.43. The first-order valence-electron chi connectivity index (χ1n) is 7.33. The molecular formula is C16H22N4. The van der Waals surface area contributed by atoms with E-state index in [0.717, 1.165) is 39.3 Å². The smallest absolute Gasteiger partial charge is 0.0951 e. The van der Waals surface area contributed by atoms with Gasteiger partial charge in [0.2, 0.25) is 0 Å². The molecule has 106 valence electrons. The van der Waals surface area contributed by atoms with Crippen molar-refractivity contribution >= 4 is 0 Å². The van der Waals surface area contributed by atoms with Crippen molar-refractivity contribution in [1.29, 1.82) is 0 Å². The van der Waals surface area contributed by atoms with Gasteiger partial charge in [0.15, 0.2) is 0 Å². The van der Waals surface area contributed by atoms with E-state index in [1.54, 1.807) is 0 Å². The quantitative estimate of drug-likeness (QED) is 0.919. The molecule has 20 heavy (non-hydrogen) atoms. The number of hydrogen-bond donors (Lipinski definition) is 1. The summed E-state index contributed by atoms with van der Waals surface area (Å²) >= 11 is 0. The van der Waals surface area contributed by atoms with E-state index < -0.39 is 0 Å². The van der Waals surface area contributed by atoms with Crippen LogP contribution in [0, 0.1) is 6.92 Å².